The van der Waals surface area contributed by atoms with Crippen LogP contribution in [0.2, 0.25) is 0 Å². The van der Waals surface area contributed by atoms with Gasteiger partial charge in [-0.05, 0) is 30.7 Å². The van der Waals surface area contributed by atoms with Crippen LogP contribution >= 0.6 is 0 Å². The molecule has 0 aliphatic carbocycles. The van der Waals surface area contributed by atoms with Gasteiger partial charge in [-0.1, -0.05) is 25.1 Å². The third kappa shape index (κ3) is 4.58. The van der Waals surface area contributed by atoms with Gasteiger partial charge in [-0.15, -0.1) is 0 Å². The molecular weight excluding hydrogens is 428 g/mol. The number of aromatic nitrogens is 4. The van der Waals surface area contributed by atoms with Crippen molar-refractivity contribution >= 4 is 22.6 Å². The Morgan fingerprint density at radius 2 is 2.00 bits per heavy atom. The molecule has 5 rings (SSSR count). The van der Waals surface area contributed by atoms with Crippen LogP contribution in [-0.4, -0.2) is 51.6 Å². The second-order valence-corrected chi connectivity index (χ2v) is 8.57. The largest absolute Gasteiger partial charge is 0.377 e. The Morgan fingerprint density at radius 3 is 2.76 bits per heavy atom. The highest BCUT2D eigenvalue weighted by atomic mass is 16.5. The summed E-state index contributed by atoms with van der Waals surface area (Å²) in [4.78, 5) is 30.5. The Hall–Kier alpha value is -3.91. The summed E-state index contributed by atoms with van der Waals surface area (Å²) < 4.78 is 5.16. The Kier molecular flexibility index (Phi) is 6.14. The molecule has 4 heterocycles. The second kappa shape index (κ2) is 9.52. The van der Waals surface area contributed by atoms with Crippen LogP contribution in [0.25, 0.3) is 22.2 Å². The summed E-state index contributed by atoms with van der Waals surface area (Å²) in [5.41, 5.74) is 5.27. The van der Waals surface area contributed by atoms with Gasteiger partial charge in [0.2, 0.25) is 0 Å². The number of hydrogen-bond donors (Lipinski definition) is 2. The van der Waals surface area contributed by atoms with E-state index in [-0.39, 0.29) is 17.9 Å². The minimum Gasteiger partial charge on any atom is -0.377 e. The van der Waals surface area contributed by atoms with Gasteiger partial charge in [0.05, 0.1) is 36.0 Å². The number of nitrogens with one attached hydrogen (secondary N) is 2. The maximum Gasteiger partial charge on any atom is 0.252 e. The lowest BCUT2D eigenvalue weighted by Crippen LogP contribution is -2.48. The standard InChI is InChI=1S/C26H26N6O2/c1-16(11-29-24-10-23(30-15-31-24)18-7-6-17(2)28-12-18)20-4-3-5-21-22(8-9-27-25(20)21)26(33)32-19-13-34-14-19/h3-10,12,15-16,19H,11,13-14H2,1-2H3,(H,32,33)(H,29,30,31)/t16-/m1/s1. The van der Waals surface area contributed by atoms with Crippen molar-refractivity contribution in [3.8, 4) is 11.3 Å². The number of ether oxygens (including phenoxy) is 1. The molecule has 8 heteroatoms. The minimum absolute atomic E-state index is 0.0791. The van der Waals surface area contributed by atoms with E-state index in [1.807, 2.05) is 43.5 Å². The van der Waals surface area contributed by atoms with Gasteiger partial charge in [0.1, 0.15) is 12.1 Å². The molecule has 172 valence electrons. The number of carbonyl (C=O) groups excluding carboxylic acids is 1. The third-order valence-corrected chi connectivity index (χ3v) is 6.01. The van der Waals surface area contributed by atoms with Crippen molar-refractivity contribution in [1.82, 2.24) is 25.3 Å². The zero-order chi connectivity index (χ0) is 23.5. The lowest BCUT2D eigenvalue weighted by molar-refractivity contribution is -0.00343. The van der Waals surface area contributed by atoms with Gasteiger partial charge in [0, 0.05) is 47.6 Å². The molecule has 8 nitrogen and oxygen atoms in total. The van der Waals surface area contributed by atoms with Gasteiger partial charge in [-0.3, -0.25) is 14.8 Å². The Balaban J connectivity index is 1.33. The molecule has 1 aliphatic rings. The summed E-state index contributed by atoms with van der Waals surface area (Å²) in [5, 5.41) is 7.28. The number of anilines is 1. The van der Waals surface area contributed by atoms with E-state index >= 15 is 0 Å². The molecule has 0 saturated carbocycles. The van der Waals surface area contributed by atoms with Gasteiger partial charge in [0.15, 0.2) is 0 Å². The van der Waals surface area contributed by atoms with E-state index in [0.717, 1.165) is 39.2 Å². The van der Waals surface area contributed by atoms with Gasteiger partial charge >= 0.3 is 0 Å². The van der Waals surface area contributed by atoms with Gasteiger partial charge in [-0.25, -0.2) is 9.97 Å². The van der Waals surface area contributed by atoms with Crippen LogP contribution in [0.15, 0.2) is 61.2 Å². The van der Waals surface area contributed by atoms with Gasteiger partial charge in [0.25, 0.3) is 5.91 Å². The van der Waals surface area contributed by atoms with Gasteiger partial charge < -0.3 is 15.4 Å². The van der Waals surface area contributed by atoms with Crippen LogP contribution in [0.3, 0.4) is 0 Å². The Morgan fingerprint density at radius 1 is 1.12 bits per heavy atom. The van der Waals surface area contributed by atoms with E-state index in [0.29, 0.717) is 25.3 Å². The molecule has 3 aromatic heterocycles. The highest BCUT2D eigenvalue weighted by Crippen LogP contribution is 2.27. The number of fused-ring (bicyclic) bond motifs is 1. The average molecular weight is 455 g/mol. The molecule has 0 bridgehead atoms. The summed E-state index contributed by atoms with van der Waals surface area (Å²) in [6.07, 6.45) is 5.07. The predicted molar refractivity (Wildman–Crippen MR) is 131 cm³/mol. The fraction of sp³-hybridized carbons (Fsp3) is 0.269. The van der Waals surface area contributed by atoms with Crippen LogP contribution in [0.1, 0.15) is 34.5 Å². The number of carbonyl (C=O) groups is 1. The molecule has 1 aromatic carbocycles. The molecule has 34 heavy (non-hydrogen) atoms. The molecule has 1 saturated heterocycles. The summed E-state index contributed by atoms with van der Waals surface area (Å²) in [6, 6.07) is 13.7. The lowest BCUT2D eigenvalue weighted by Gasteiger charge is -2.27. The predicted octanol–water partition coefficient (Wildman–Crippen LogP) is 3.74. The number of rotatable bonds is 7. The molecule has 1 aliphatic heterocycles. The molecule has 4 aromatic rings. The van der Waals surface area contributed by atoms with Crippen molar-refractivity contribution in [2.75, 3.05) is 25.1 Å². The molecule has 1 amide bonds. The Labute approximate surface area is 197 Å². The van der Waals surface area contributed by atoms with Crippen molar-refractivity contribution in [1.29, 1.82) is 0 Å². The van der Waals surface area contributed by atoms with E-state index in [4.69, 9.17) is 4.74 Å². The molecule has 1 atom stereocenters. The summed E-state index contributed by atoms with van der Waals surface area (Å²) >= 11 is 0. The van der Waals surface area contributed by atoms with Crippen LogP contribution in [-0.2, 0) is 4.74 Å². The molecular formula is C26H26N6O2. The fourth-order valence-electron chi connectivity index (χ4n) is 3.98. The van der Waals surface area contributed by atoms with Crippen LogP contribution in [0.4, 0.5) is 5.82 Å². The van der Waals surface area contributed by atoms with Crippen molar-refractivity contribution in [2.24, 2.45) is 0 Å². The van der Waals surface area contributed by atoms with Crippen molar-refractivity contribution < 1.29 is 9.53 Å². The third-order valence-electron chi connectivity index (χ3n) is 6.01. The number of aryl methyl sites for hydroxylation is 1. The first-order valence-electron chi connectivity index (χ1n) is 11.3. The number of pyridine rings is 2. The van der Waals surface area contributed by atoms with Gasteiger partial charge in [-0.2, -0.15) is 0 Å². The van der Waals surface area contributed by atoms with Crippen molar-refractivity contribution in [2.45, 2.75) is 25.8 Å². The highest BCUT2D eigenvalue weighted by Gasteiger charge is 2.22. The number of nitrogens with zero attached hydrogens (tertiary/aromatic N) is 4. The monoisotopic (exact) mass is 454 g/mol. The number of hydrogen-bond acceptors (Lipinski definition) is 7. The smallest absolute Gasteiger partial charge is 0.252 e. The first-order chi connectivity index (χ1) is 16.6. The molecule has 1 fully saturated rings. The molecule has 2 N–H and O–H groups in total. The maximum atomic E-state index is 12.8. The number of para-hydroxylation sites is 1. The van der Waals surface area contributed by atoms with Crippen LogP contribution in [0, 0.1) is 6.92 Å². The summed E-state index contributed by atoms with van der Waals surface area (Å²) in [7, 11) is 0. The SMILES string of the molecule is Cc1ccc(-c2cc(NC[C@@H](C)c3cccc4c(C(=O)NC5COC5)ccnc34)ncn2)cn1. The van der Waals surface area contributed by atoms with E-state index in [9.17, 15) is 4.79 Å². The van der Waals surface area contributed by atoms with E-state index in [1.54, 1.807) is 18.6 Å². The summed E-state index contributed by atoms with van der Waals surface area (Å²) in [6.45, 7) is 5.87. The lowest BCUT2D eigenvalue weighted by atomic mass is 9.96. The van der Waals surface area contributed by atoms with E-state index < -0.39 is 0 Å². The van der Waals surface area contributed by atoms with Crippen molar-refractivity contribution in [3.05, 3.63) is 78.0 Å². The molecule has 0 radical (unpaired) electrons. The normalized spacial score (nSPS) is 14.4. The fourth-order valence-corrected chi connectivity index (χ4v) is 3.98. The highest BCUT2D eigenvalue weighted by molar-refractivity contribution is 6.06. The zero-order valence-electron chi connectivity index (χ0n) is 19.2. The second-order valence-electron chi connectivity index (χ2n) is 8.57. The van der Waals surface area contributed by atoms with Crippen molar-refractivity contribution in [3.63, 3.8) is 0 Å². The zero-order valence-corrected chi connectivity index (χ0v) is 19.2. The quantitative estimate of drug-likeness (QED) is 0.439. The van der Waals surface area contributed by atoms with E-state index in [2.05, 4.69) is 43.6 Å². The first kappa shape index (κ1) is 21.9. The average Bonchev–Trinajstić information content (AvgIpc) is 2.84. The van der Waals surface area contributed by atoms with E-state index in [1.165, 1.54) is 0 Å². The summed E-state index contributed by atoms with van der Waals surface area (Å²) in [5.74, 6) is 0.783. The first-order valence-corrected chi connectivity index (χ1v) is 11.3. The number of benzene rings is 1. The number of amides is 1. The molecule has 0 spiro atoms. The maximum absolute atomic E-state index is 12.8. The Bertz CT molecular complexity index is 1320. The minimum atomic E-state index is -0.0947. The van der Waals surface area contributed by atoms with Crippen LogP contribution < -0.4 is 10.6 Å². The topological polar surface area (TPSA) is 102 Å². The van der Waals surface area contributed by atoms with Crippen LogP contribution in [0.5, 0.6) is 0 Å². The molecule has 0 unspecified atom stereocenters.